The molecule has 0 saturated carbocycles. The summed E-state index contributed by atoms with van der Waals surface area (Å²) >= 11 is 0. The number of carbonyl (C=O) groups excluding carboxylic acids is 1. The van der Waals surface area contributed by atoms with Gasteiger partial charge in [0.25, 0.3) is 0 Å². The molecule has 1 aromatic carbocycles. The van der Waals surface area contributed by atoms with Crippen LogP contribution < -0.4 is 10.2 Å². The van der Waals surface area contributed by atoms with E-state index in [2.05, 4.69) is 39.4 Å². The molecule has 0 radical (unpaired) electrons. The quantitative estimate of drug-likeness (QED) is 0.898. The number of benzene rings is 1. The number of anilines is 1. The molecular formula is C19H31N3O2. The van der Waals surface area contributed by atoms with E-state index in [1.165, 1.54) is 11.3 Å². The Morgan fingerprint density at radius 1 is 1.21 bits per heavy atom. The summed E-state index contributed by atoms with van der Waals surface area (Å²) in [6.45, 7) is 9.74. The Hall–Kier alpha value is -1.59. The fraction of sp³-hybridized carbons (Fsp3) is 0.632. The van der Waals surface area contributed by atoms with Gasteiger partial charge in [-0.05, 0) is 17.7 Å². The number of ether oxygens (including phenoxy) is 1. The van der Waals surface area contributed by atoms with Gasteiger partial charge < -0.3 is 15.0 Å². The SMILES string of the molecule is CN(C)c1ccc([C@@H](CNC(=O)C(C)(C)C)N2CCOCC2)cc1. The van der Waals surface area contributed by atoms with E-state index in [0.29, 0.717) is 6.54 Å². The van der Waals surface area contributed by atoms with E-state index < -0.39 is 0 Å². The predicted octanol–water partition coefficient (Wildman–Crippen LogP) is 2.29. The number of rotatable bonds is 5. The van der Waals surface area contributed by atoms with Gasteiger partial charge in [0, 0.05) is 44.8 Å². The lowest BCUT2D eigenvalue weighted by molar-refractivity contribution is -0.128. The number of hydrogen-bond acceptors (Lipinski definition) is 4. The molecule has 1 amide bonds. The molecule has 0 unspecified atom stereocenters. The third-order valence-electron chi connectivity index (χ3n) is 4.42. The number of nitrogens with one attached hydrogen (secondary N) is 1. The van der Waals surface area contributed by atoms with E-state index in [1.54, 1.807) is 0 Å². The van der Waals surface area contributed by atoms with Crippen molar-refractivity contribution in [3.63, 3.8) is 0 Å². The first-order valence-electron chi connectivity index (χ1n) is 8.66. The van der Waals surface area contributed by atoms with E-state index in [-0.39, 0.29) is 17.4 Å². The number of carbonyl (C=O) groups is 1. The van der Waals surface area contributed by atoms with Gasteiger partial charge in [0.15, 0.2) is 0 Å². The maximum atomic E-state index is 12.3. The second-order valence-electron chi connectivity index (χ2n) is 7.61. The van der Waals surface area contributed by atoms with Crippen LogP contribution in [0, 0.1) is 5.41 Å². The largest absolute Gasteiger partial charge is 0.379 e. The summed E-state index contributed by atoms with van der Waals surface area (Å²) in [7, 11) is 4.08. The summed E-state index contributed by atoms with van der Waals surface area (Å²) in [5.74, 6) is 0.0886. The maximum absolute atomic E-state index is 12.3. The minimum atomic E-state index is -0.371. The van der Waals surface area contributed by atoms with Crippen LogP contribution in [0.3, 0.4) is 0 Å². The summed E-state index contributed by atoms with van der Waals surface area (Å²) in [4.78, 5) is 16.8. The zero-order chi connectivity index (χ0) is 17.7. The molecule has 1 heterocycles. The number of nitrogens with zero attached hydrogens (tertiary/aromatic N) is 2. The van der Waals surface area contributed by atoms with Crippen LogP contribution >= 0.6 is 0 Å². The lowest BCUT2D eigenvalue weighted by Gasteiger charge is -2.35. The highest BCUT2D eigenvalue weighted by Crippen LogP contribution is 2.24. The first kappa shape index (κ1) is 18.7. The second-order valence-corrected chi connectivity index (χ2v) is 7.61. The second kappa shape index (κ2) is 7.99. The van der Waals surface area contributed by atoms with Crippen molar-refractivity contribution < 1.29 is 9.53 Å². The van der Waals surface area contributed by atoms with Crippen molar-refractivity contribution in [2.45, 2.75) is 26.8 Å². The molecule has 1 aliphatic heterocycles. The summed E-state index contributed by atoms with van der Waals surface area (Å²) in [6.07, 6.45) is 0. The molecule has 0 spiro atoms. The van der Waals surface area contributed by atoms with Crippen LogP contribution in [0.1, 0.15) is 32.4 Å². The van der Waals surface area contributed by atoms with Crippen molar-refractivity contribution in [2.24, 2.45) is 5.41 Å². The number of amides is 1. The van der Waals surface area contributed by atoms with Gasteiger partial charge in [-0.1, -0.05) is 32.9 Å². The summed E-state index contributed by atoms with van der Waals surface area (Å²) in [5, 5.41) is 3.12. The average Bonchev–Trinajstić information content (AvgIpc) is 2.55. The Bertz CT molecular complexity index is 529. The summed E-state index contributed by atoms with van der Waals surface area (Å²) in [5.41, 5.74) is 2.04. The van der Waals surface area contributed by atoms with Crippen molar-refractivity contribution in [2.75, 3.05) is 51.8 Å². The Balaban J connectivity index is 2.14. The van der Waals surface area contributed by atoms with E-state index in [1.807, 2.05) is 34.9 Å². The molecule has 5 nitrogen and oxygen atoms in total. The van der Waals surface area contributed by atoms with Crippen molar-refractivity contribution in [1.82, 2.24) is 10.2 Å². The fourth-order valence-electron chi connectivity index (χ4n) is 2.80. The minimum Gasteiger partial charge on any atom is -0.379 e. The van der Waals surface area contributed by atoms with Gasteiger partial charge in [-0.2, -0.15) is 0 Å². The van der Waals surface area contributed by atoms with Crippen LogP contribution in [0.5, 0.6) is 0 Å². The molecule has 1 aromatic rings. The molecular weight excluding hydrogens is 302 g/mol. The Labute approximate surface area is 146 Å². The van der Waals surface area contributed by atoms with Crippen LogP contribution in [0.2, 0.25) is 0 Å². The lowest BCUT2D eigenvalue weighted by atomic mass is 9.95. The van der Waals surface area contributed by atoms with Gasteiger partial charge in [0.2, 0.25) is 5.91 Å². The average molecular weight is 333 g/mol. The highest BCUT2D eigenvalue weighted by atomic mass is 16.5. The molecule has 5 heteroatoms. The smallest absolute Gasteiger partial charge is 0.225 e. The zero-order valence-corrected chi connectivity index (χ0v) is 15.6. The first-order valence-corrected chi connectivity index (χ1v) is 8.66. The van der Waals surface area contributed by atoms with E-state index in [0.717, 1.165) is 26.3 Å². The van der Waals surface area contributed by atoms with E-state index in [4.69, 9.17) is 4.74 Å². The molecule has 1 fully saturated rings. The normalized spacial score (nSPS) is 17.4. The fourth-order valence-corrected chi connectivity index (χ4v) is 2.80. The maximum Gasteiger partial charge on any atom is 0.225 e. The molecule has 1 atom stereocenters. The van der Waals surface area contributed by atoms with Gasteiger partial charge in [-0.15, -0.1) is 0 Å². The van der Waals surface area contributed by atoms with Gasteiger partial charge in [-0.25, -0.2) is 0 Å². The predicted molar refractivity (Wildman–Crippen MR) is 98.4 cm³/mol. The van der Waals surface area contributed by atoms with Crippen molar-refractivity contribution in [1.29, 1.82) is 0 Å². The molecule has 1 N–H and O–H groups in total. The van der Waals surface area contributed by atoms with Crippen molar-refractivity contribution in [3.8, 4) is 0 Å². The molecule has 2 rings (SSSR count). The number of morpholine rings is 1. The molecule has 0 bridgehead atoms. The van der Waals surface area contributed by atoms with Crippen LogP contribution in [-0.4, -0.2) is 57.8 Å². The molecule has 0 aromatic heterocycles. The first-order chi connectivity index (χ1) is 11.3. The Morgan fingerprint density at radius 3 is 2.29 bits per heavy atom. The third-order valence-corrected chi connectivity index (χ3v) is 4.42. The molecule has 1 saturated heterocycles. The summed E-state index contributed by atoms with van der Waals surface area (Å²) in [6, 6.07) is 8.77. The standard InChI is InChI=1S/C19H31N3O2/c1-19(2,3)18(23)20-14-17(22-10-12-24-13-11-22)15-6-8-16(9-7-15)21(4)5/h6-9,17H,10-14H2,1-5H3,(H,20,23)/t17-/m1/s1. The monoisotopic (exact) mass is 333 g/mol. The van der Waals surface area contributed by atoms with Crippen molar-refractivity contribution in [3.05, 3.63) is 29.8 Å². The van der Waals surface area contributed by atoms with Gasteiger partial charge >= 0.3 is 0 Å². The zero-order valence-electron chi connectivity index (χ0n) is 15.6. The van der Waals surface area contributed by atoms with E-state index >= 15 is 0 Å². The summed E-state index contributed by atoms with van der Waals surface area (Å²) < 4.78 is 5.48. The molecule has 134 valence electrons. The molecule has 1 aliphatic rings. The Morgan fingerprint density at radius 2 is 1.79 bits per heavy atom. The highest BCUT2D eigenvalue weighted by molar-refractivity contribution is 5.81. The van der Waals surface area contributed by atoms with Crippen molar-refractivity contribution >= 4 is 11.6 Å². The topological polar surface area (TPSA) is 44.8 Å². The van der Waals surface area contributed by atoms with Crippen LogP contribution in [-0.2, 0) is 9.53 Å². The van der Waals surface area contributed by atoms with E-state index in [9.17, 15) is 4.79 Å². The van der Waals surface area contributed by atoms with Crippen LogP contribution in [0.4, 0.5) is 5.69 Å². The van der Waals surface area contributed by atoms with Gasteiger partial charge in [0.1, 0.15) is 0 Å². The lowest BCUT2D eigenvalue weighted by Crippen LogP contribution is -2.45. The van der Waals surface area contributed by atoms with Crippen LogP contribution in [0.15, 0.2) is 24.3 Å². The molecule has 0 aliphatic carbocycles. The Kier molecular flexibility index (Phi) is 6.24. The minimum absolute atomic E-state index is 0.0886. The number of hydrogen-bond donors (Lipinski definition) is 1. The van der Waals surface area contributed by atoms with Crippen LogP contribution in [0.25, 0.3) is 0 Å². The van der Waals surface area contributed by atoms with Gasteiger partial charge in [-0.3, -0.25) is 9.69 Å². The van der Waals surface area contributed by atoms with Gasteiger partial charge in [0.05, 0.1) is 19.3 Å². The molecule has 24 heavy (non-hydrogen) atoms. The highest BCUT2D eigenvalue weighted by Gasteiger charge is 2.26. The third kappa shape index (κ3) is 4.95.